The van der Waals surface area contributed by atoms with Crippen LogP contribution in [0.2, 0.25) is 0 Å². The molecule has 1 aromatic carbocycles. The lowest BCUT2D eigenvalue weighted by Crippen LogP contribution is -1.99. The van der Waals surface area contributed by atoms with E-state index < -0.39 is 0 Å². The summed E-state index contributed by atoms with van der Waals surface area (Å²) < 4.78 is 9.37. The quantitative estimate of drug-likeness (QED) is 0.582. The van der Waals surface area contributed by atoms with Gasteiger partial charge in [-0.3, -0.25) is 0 Å². The van der Waals surface area contributed by atoms with Gasteiger partial charge in [0.25, 0.3) is 0 Å². The van der Waals surface area contributed by atoms with E-state index in [9.17, 15) is 0 Å². The molecule has 0 aliphatic heterocycles. The van der Waals surface area contributed by atoms with Crippen molar-refractivity contribution < 1.29 is 4.74 Å². The van der Waals surface area contributed by atoms with Gasteiger partial charge < -0.3 is 4.74 Å². The van der Waals surface area contributed by atoms with Gasteiger partial charge >= 0.3 is 0 Å². The van der Waals surface area contributed by atoms with Crippen molar-refractivity contribution in [2.75, 3.05) is 0 Å². The lowest BCUT2D eigenvalue weighted by Gasteiger charge is -2.08. The van der Waals surface area contributed by atoms with Crippen LogP contribution in [-0.2, 0) is 7.05 Å². The first-order valence-electron chi connectivity index (χ1n) is 7.17. The molecule has 0 radical (unpaired) electrons. The van der Waals surface area contributed by atoms with Crippen LogP contribution >= 0.6 is 0 Å². The van der Waals surface area contributed by atoms with Gasteiger partial charge in [0, 0.05) is 7.05 Å². The van der Waals surface area contributed by atoms with Crippen LogP contribution in [0.5, 0.6) is 11.6 Å². The normalized spacial score (nSPS) is 11.0. The van der Waals surface area contributed by atoms with E-state index in [1.54, 1.807) is 15.4 Å². The molecule has 0 amide bonds. The molecule has 0 spiro atoms. The number of hydrogen-bond acceptors (Lipinski definition) is 5. The van der Waals surface area contributed by atoms with Gasteiger partial charge in [-0.2, -0.15) is 14.7 Å². The largest absolute Gasteiger partial charge is 0.439 e. The summed E-state index contributed by atoms with van der Waals surface area (Å²) in [6.45, 7) is 1.86. The summed E-state index contributed by atoms with van der Waals surface area (Å²) in [6, 6.07) is 13.4. The zero-order valence-corrected chi connectivity index (χ0v) is 12.7. The van der Waals surface area contributed by atoms with Crippen LogP contribution in [0.1, 0.15) is 5.82 Å². The Morgan fingerprint density at radius 1 is 1.00 bits per heavy atom. The number of hydrogen-bond donors (Lipinski definition) is 0. The number of aryl methyl sites for hydroxylation is 2. The third kappa shape index (κ3) is 2.32. The average Bonchev–Trinajstić information content (AvgIpc) is 3.12. The number of aromatic nitrogens is 6. The maximum atomic E-state index is 5.98. The highest BCUT2D eigenvalue weighted by atomic mass is 16.5. The van der Waals surface area contributed by atoms with Gasteiger partial charge in [-0.25, -0.2) is 4.68 Å². The summed E-state index contributed by atoms with van der Waals surface area (Å²) in [6.07, 6.45) is 1.74. The fraction of sp³-hybridized carbons (Fsp3) is 0.125. The van der Waals surface area contributed by atoms with Crippen LogP contribution in [0.4, 0.5) is 0 Å². The van der Waals surface area contributed by atoms with Gasteiger partial charge in [0.2, 0.25) is 5.88 Å². The van der Waals surface area contributed by atoms with E-state index in [1.165, 1.54) is 0 Å². The molecule has 4 aromatic rings. The second-order valence-electron chi connectivity index (χ2n) is 5.14. The van der Waals surface area contributed by atoms with Crippen molar-refractivity contribution in [3.63, 3.8) is 0 Å². The molecule has 0 unspecified atom stereocenters. The van der Waals surface area contributed by atoms with E-state index in [0.717, 1.165) is 22.8 Å². The Morgan fingerprint density at radius 3 is 2.65 bits per heavy atom. The third-order valence-electron chi connectivity index (χ3n) is 3.54. The van der Waals surface area contributed by atoms with E-state index in [1.807, 2.05) is 56.4 Å². The Balaban J connectivity index is 1.80. The number of ether oxygens (including phenoxy) is 1. The average molecular weight is 306 g/mol. The van der Waals surface area contributed by atoms with Crippen molar-refractivity contribution in [2.24, 2.45) is 7.05 Å². The van der Waals surface area contributed by atoms with E-state index in [4.69, 9.17) is 4.74 Å². The van der Waals surface area contributed by atoms with Crippen molar-refractivity contribution in [2.45, 2.75) is 6.92 Å². The third-order valence-corrected chi connectivity index (χ3v) is 3.54. The van der Waals surface area contributed by atoms with Crippen molar-refractivity contribution in [1.29, 1.82) is 0 Å². The van der Waals surface area contributed by atoms with Crippen LogP contribution in [0, 0.1) is 6.92 Å². The number of benzene rings is 1. The minimum absolute atomic E-state index is 0.633. The van der Waals surface area contributed by atoms with Crippen LogP contribution < -0.4 is 4.74 Å². The summed E-state index contributed by atoms with van der Waals surface area (Å²) >= 11 is 0. The predicted octanol–water partition coefficient (Wildman–Crippen LogP) is 2.63. The number of rotatable bonds is 3. The molecule has 0 atom stereocenters. The Labute approximate surface area is 132 Å². The molecule has 3 aromatic heterocycles. The summed E-state index contributed by atoms with van der Waals surface area (Å²) in [7, 11) is 1.84. The van der Waals surface area contributed by atoms with E-state index in [0.29, 0.717) is 11.5 Å². The molecule has 0 bridgehead atoms. The van der Waals surface area contributed by atoms with Gasteiger partial charge in [-0.05, 0) is 31.2 Å². The smallest absolute Gasteiger partial charge is 0.227 e. The molecule has 23 heavy (non-hydrogen) atoms. The first kappa shape index (κ1) is 13.4. The molecular weight excluding hydrogens is 292 g/mol. The Hall–Kier alpha value is -3.22. The fourth-order valence-electron chi connectivity index (χ4n) is 2.36. The summed E-state index contributed by atoms with van der Waals surface area (Å²) in [5, 5.41) is 16.9. The highest BCUT2D eigenvalue weighted by molar-refractivity contribution is 5.65. The molecule has 114 valence electrons. The summed E-state index contributed by atoms with van der Waals surface area (Å²) in [4.78, 5) is 0. The zero-order valence-electron chi connectivity index (χ0n) is 12.7. The van der Waals surface area contributed by atoms with Gasteiger partial charge in [-0.15, -0.1) is 10.2 Å². The first-order valence-corrected chi connectivity index (χ1v) is 7.17. The number of para-hydroxylation sites is 1. The molecule has 4 rings (SSSR count). The van der Waals surface area contributed by atoms with Crippen LogP contribution in [0.3, 0.4) is 0 Å². The molecule has 0 saturated carbocycles. The molecule has 3 heterocycles. The number of fused-ring (bicyclic) bond motifs is 1. The van der Waals surface area contributed by atoms with Crippen molar-refractivity contribution in [3.8, 4) is 22.9 Å². The first-order chi connectivity index (χ1) is 11.2. The zero-order chi connectivity index (χ0) is 15.8. The highest BCUT2D eigenvalue weighted by Gasteiger charge is 2.15. The molecule has 7 nitrogen and oxygen atoms in total. The van der Waals surface area contributed by atoms with Crippen molar-refractivity contribution in [1.82, 2.24) is 29.6 Å². The summed E-state index contributed by atoms with van der Waals surface area (Å²) in [5.74, 6) is 2.11. The second kappa shape index (κ2) is 5.20. The van der Waals surface area contributed by atoms with Gasteiger partial charge in [0.1, 0.15) is 5.75 Å². The minimum Gasteiger partial charge on any atom is -0.439 e. The molecule has 7 heteroatoms. The predicted molar refractivity (Wildman–Crippen MR) is 84.2 cm³/mol. The van der Waals surface area contributed by atoms with Crippen LogP contribution in [0.25, 0.3) is 16.9 Å². The molecular formula is C16H14N6O. The molecule has 0 fully saturated rings. The van der Waals surface area contributed by atoms with Gasteiger partial charge in [-0.1, -0.05) is 18.2 Å². The highest BCUT2D eigenvalue weighted by Crippen LogP contribution is 2.31. The lowest BCUT2D eigenvalue weighted by atomic mass is 10.2. The van der Waals surface area contributed by atoms with Gasteiger partial charge in [0.05, 0.1) is 17.5 Å². The standard InChI is InChI=1S/C16H14N6O/c1-11-18-19-15-9-8-14(20-22(11)15)13-10-17-21(2)16(13)23-12-6-4-3-5-7-12/h3-10H,1-2H3. The molecule has 0 aliphatic rings. The monoisotopic (exact) mass is 306 g/mol. The lowest BCUT2D eigenvalue weighted by molar-refractivity contribution is 0.432. The maximum absolute atomic E-state index is 5.98. The minimum atomic E-state index is 0.633. The van der Waals surface area contributed by atoms with E-state index >= 15 is 0 Å². The Kier molecular flexibility index (Phi) is 3.04. The Morgan fingerprint density at radius 2 is 1.83 bits per heavy atom. The molecule has 0 aliphatic carbocycles. The van der Waals surface area contributed by atoms with E-state index in [2.05, 4.69) is 20.4 Å². The number of nitrogens with zero attached hydrogens (tertiary/aromatic N) is 6. The van der Waals surface area contributed by atoms with Crippen LogP contribution in [0.15, 0.2) is 48.7 Å². The second-order valence-corrected chi connectivity index (χ2v) is 5.14. The molecule has 0 N–H and O–H groups in total. The topological polar surface area (TPSA) is 70.1 Å². The van der Waals surface area contributed by atoms with E-state index in [-0.39, 0.29) is 0 Å². The fourth-order valence-corrected chi connectivity index (χ4v) is 2.36. The summed E-state index contributed by atoms with van der Waals surface area (Å²) in [5.41, 5.74) is 2.27. The van der Waals surface area contributed by atoms with Gasteiger partial charge in [0.15, 0.2) is 11.5 Å². The Bertz CT molecular complexity index is 973. The van der Waals surface area contributed by atoms with Crippen molar-refractivity contribution in [3.05, 3.63) is 54.5 Å². The SMILES string of the molecule is Cc1nnc2ccc(-c3cnn(C)c3Oc3ccccc3)nn12. The maximum Gasteiger partial charge on any atom is 0.227 e. The van der Waals surface area contributed by atoms with Crippen LogP contribution in [-0.4, -0.2) is 29.6 Å². The van der Waals surface area contributed by atoms with Crippen molar-refractivity contribution >= 4 is 5.65 Å². The molecule has 0 saturated heterocycles.